The van der Waals surface area contributed by atoms with Crippen LogP contribution in [0.25, 0.3) is 0 Å². The van der Waals surface area contributed by atoms with Gasteiger partial charge in [0.15, 0.2) is 0 Å². The SMILES string of the molecule is CSC(C)(C)CNCc1ccccc1N1CCCC1. The Balaban J connectivity index is 1.96. The number of nitrogens with zero attached hydrogens (tertiary/aromatic N) is 1. The van der Waals surface area contributed by atoms with Gasteiger partial charge in [-0.15, -0.1) is 0 Å². The van der Waals surface area contributed by atoms with Crippen LogP contribution in [0.15, 0.2) is 24.3 Å². The van der Waals surface area contributed by atoms with Gasteiger partial charge in [-0.1, -0.05) is 18.2 Å². The summed E-state index contributed by atoms with van der Waals surface area (Å²) in [6, 6.07) is 8.83. The van der Waals surface area contributed by atoms with Crippen molar-refractivity contribution in [2.75, 3.05) is 30.8 Å². The molecule has 1 heterocycles. The fourth-order valence-electron chi connectivity index (χ4n) is 2.50. The van der Waals surface area contributed by atoms with E-state index in [9.17, 15) is 0 Å². The van der Waals surface area contributed by atoms with Crippen LogP contribution in [0.3, 0.4) is 0 Å². The van der Waals surface area contributed by atoms with Gasteiger partial charge in [-0.25, -0.2) is 0 Å². The Bertz CT molecular complexity index is 397. The molecule has 1 N–H and O–H groups in total. The molecule has 1 fully saturated rings. The molecule has 0 amide bonds. The number of hydrogen-bond acceptors (Lipinski definition) is 3. The Morgan fingerprint density at radius 2 is 1.89 bits per heavy atom. The fraction of sp³-hybridized carbons (Fsp3) is 0.625. The predicted octanol–water partition coefficient (Wildman–Crippen LogP) is 3.52. The van der Waals surface area contributed by atoms with Gasteiger partial charge in [0.1, 0.15) is 0 Å². The molecule has 0 radical (unpaired) electrons. The van der Waals surface area contributed by atoms with E-state index in [2.05, 4.69) is 54.6 Å². The molecule has 0 spiro atoms. The average Bonchev–Trinajstić information content (AvgIpc) is 2.93. The fourth-order valence-corrected chi connectivity index (χ4v) is 2.74. The Kier molecular flexibility index (Phi) is 5.17. The van der Waals surface area contributed by atoms with E-state index in [-0.39, 0.29) is 0 Å². The van der Waals surface area contributed by atoms with E-state index in [1.165, 1.54) is 37.2 Å². The molecule has 3 heteroatoms. The molecule has 1 aromatic carbocycles. The molecule has 0 saturated carbocycles. The first-order valence-electron chi connectivity index (χ1n) is 7.21. The second-order valence-corrected chi connectivity index (χ2v) is 7.40. The minimum atomic E-state index is 0.308. The molecule has 0 atom stereocenters. The van der Waals surface area contributed by atoms with E-state index >= 15 is 0 Å². The topological polar surface area (TPSA) is 15.3 Å². The highest BCUT2D eigenvalue weighted by molar-refractivity contribution is 7.99. The lowest BCUT2D eigenvalue weighted by Gasteiger charge is -2.24. The van der Waals surface area contributed by atoms with E-state index in [1.807, 2.05) is 11.8 Å². The summed E-state index contributed by atoms with van der Waals surface area (Å²) in [7, 11) is 0. The lowest BCUT2D eigenvalue weighted by molar-refractivity contribution is 0.590. The molecule has 0 unspecified atom stereocenters. The molecule has 2 nitrogen and oxygen atoms in total. The normalized spacial score (nSPS) is 16.1. The molecule has 106 valence electrons. The molecule has 1 aliphatic rings. The number of para-hydroxylation sites is 1. The van der Waals surface area contributed by atoms with Crippen molar-refractivity contribution in [1.82, 2.24) is 5.32 Å². The second-order valence-electron chi connectivity index (χ2n) is 5.89. The number of rotatable bonds is 6. The standard InChI is InChI=1S/C16H26N2S/c1-16(2,19-3)13-17-12-14-8-4-5-9-15(14)18-10-6-7-11-18/h4-5,8-9,17H,6-7,10-13H2,1-3H3. The maximum atomic E-state index is 3.61. The molecule has 0 bridgehead atoms. The third-order valence-corrected chi connectivity index (χ3v) is 5.11. The van der Waals surface area contributed by atoms with Crippen molar-refractivity contribution in [3.05, 3.63) is 29.8 Å². The lowest BCUT2D eigenvalue weighted by Crippen LogP contribution is -2.32. The minimum absolute atomic E-state index is 0.308. The molecule has 0 aromatic heterocycles. The third-order valence-electron chi connectivity index (χ3n) is 3.86. The highest BCUT2D eigenvalue weighted by Crippen LogP contribution is 2.25. The van der Waals surface area contributed by atoms with Crippen LogP contribution in [0.5, 0.6) is 0 Å². The minimum Gasteiger partial charge on any atom is -0.371 e. The van der Waals surface area contributed by atoms with Crippen LogP contribution in [0.1, 0.15) is 32.3 Å². The summed E-state index contributed by atoms with van der Waals surface area (Å²) in [5, 5.41) is 3.61. The van der Waals surface area contributed by atoms with Gasteiger partial charge in [-0.3, -0.25) is 0 Å². The monoisotopic (exact) mass is 278 g/mol. The summed E-state index contributed by atoms with van der Waals surface area (Å²) in [5.74, 6) is 0. The van der Waals surface area contributed by atoms with Gasteiger partial charge in [0.25, 0.3) is 0 Å². The van der Waals surface area contributed by atoms with Crippen molar-refractivity contribution in [2.45, 2.75) is 38.0 Å². The molecule has 1 saturated heterocycles. The van der Waals surface area contributed by atoms with Crippen LogP contribution in [0.4, 0.5) is 5.69 Å². The van der Waals surface area contributed by atoms with Gasteiger partial charge in [0, 0.05) is 36.6 Å². The molecule has 19 heavy (non-hydrogen) atoms. The van der Waals surface area contributed by atoms with Crippen molar-refractivity contribution >= 4 is 17.4 Å². The van der Waals surface area contributed by atoms with E-state index in [4.69, 9.17) is 0 Å². The maximum Gasteiger partial charge on any atom is 0.0411 e. The first kappa shape index (κ1) is 14.7. The van der Waals surface area contributed by atoms with Crippen LogP contribution in [-0.2, 0) is 6.54 Å². The van der Waals surface area contributed by atoms with Crippen molar-refractivity contribution in [3.63, 3.8) is 0 Å². The maximum absolute atomic E-state index is 3.61. The van der Waals surface area contributed by atoms with Gasteiger partial charge >= 0.3 is 0 Å². The summed E-state index contributed by atoms with van der Waals surface area (Å²) < 4.78 is 0.308. The summed E-state index contributed by atoms with van der Waals surface area (Å²) in [6.45, 7) is 9.02. The molecule has 1 aromatic rings. The third kappa shape index (κ3) is 4.15. The first-order chi connectivity index (χ1) is 9.12. The van der Waals surface area contributed by atoms with Gasteiger partial charge in [-0.2, -0.15) is 11.8 Å². The van der Waals surface area contributed by atoms with Crippen LogP contribution in [0, 0.1) is 0 Å². The molecule has 0 aliphatic carbocycles. The first-order valence-corrected chi connectivity index (χ1v) is 8.43. The molecule has 2 rings (SSSR count). The number of thioether (sulfide) groups is 1. The number of nitrogens with one attached hydrogen (secondary N) is 1. The molecular weight excluding hydrogens is 252 g/mol. The molecule has 1 aliphatic heterocycles. The Labute approximate surface area is 122 Å². The summed E-state index contributed by atoms with van der Waals surface area (Å²) in [4.78, 5) is 2.52. The van der Waals surface area contributed by atoms with Crippen LogP contribution < -0.4 is 10.2 Å². The van der Waals surface area contributed by atoms with Crippen molar-refractivity contribution in [2.24, 2.45) is 0 Å². The van der Waals surface area contributed by atoms with Gasteiger partial charge in [-0.05, 0) is 44.6 Å². The zero-order valence-corrected chi connectivity index (χ0v) is 13.2. The second kappa shape index (κ2) is 6.67. The Morgan fingerprint density at radius 1 is 1.21 bits per heavy atom. The number of hydrogen-bond donors (Lipinski definition) is 1. The van der Waals surface area contributed by atoms with E-state index in [0.29, 0.717) is 4.75 Å². The zero-order valence-electron chi connectivity index (χ0n) is 12.4. The van der Waals surface area contributed by atoms with Crippen LogP contribution in [0.2, 0.25) is 0 Å². The van der Waals surface area contributed by atoms with E-state index in [1.54, 1.807) is 0 Å². The average molecular weight is 278 g/mol. The number of anilines is 1. The smallest absolute Gasteiger partial charge is 0.0411 e. The highest BCUT2D eigenvalue weighted by Gasteiger charge is 2.17. The summed E-state index contributed by atoms with van der Waals surface area (Å²) in [6.07, 6.45) is 4.85. The Hall–Kier alpha value is -0.670. The van der Waals surface area contributed by atoms with Crippen molar-refractivity contribution < 1.29 is 0 Å². The van der Waals surface area contributed by atoms with Gasteiger partial charge < -0.3 is 10.2 Å². The summed E-state index contributed by atoms with van der Waals surface area (Å²) >= 11 is 1.92. The van der Waals surface area contributed by atoms with E-state index in [0.717, 1.165) is 13.1 Å². The number of benzene rings is 1. The predicted molar refractivity (Wildman–Crippen MR) is 87.2 cm³/mol. The summed E-state index contributed by atoms with van der Waals surface area (Å²) in [5.41, 5.74) is 2.86. The van der Waals surface area contributed by atoms with Crippen LogP contribution in [-0.4, -0.2) is 30.6 Å². The van der Waals surface area contributed by atoms with E-state index < -0.39 is 0 Å². The Morgan fingerprint density at radius 3 is 2.58 bits per heavy atom. The van der Waals surface area contributed by atoms with Crippen molar-refractivity contribution in [1.29, 1.82) is 0 Å². The largest absolute Gasteiger partial charge is 0.371 e. The zero-order chi connectivity index (χ0) is 13.7. The van der Waals surface area contributed by atoms with Gasteiger partial charge in [0.05, 0.1) is 0 Å². The lowest BCUT2D eigenvalue weighted by atomic mass is 10.1. The quantitative estimate of drug-likeness (QED) is 0.857. The highest BCUT2D eigenvalue weighted by atomic mass is 32.2. The molecular formula is C16H26N2S. The van der Waals surface area contributed by atoms with Crippen molar-refractivity contribution in [3.8, 4) is 0 Å². The van der Waals surface area contributed by atoms with Crippen LogP contribution >= 0.6 is 11.8 Å². The van der Waals surface area contributed by atoms with Gasteiger partial charge in [0.2, 0.25) is 0 Å².